The van der Waals surface area contributed by atoms with E-state index in [2.05, 4.69) is 10.4 Å². The minimum atomic E-state index is -0.208. The standard InChI is InChI=1S/C12H12ClN3O/c1-16-8-10(7-14-16)9-2-4-11(5-3-9)15-12(17)6-13/h2-5,7-8H,6H2,1H3,(H,15,17). The van der Waals surface area contributed by atoms with Crippen LogP contribution < -0.4 is 5.32 Å². The number of carbonyl (C=O) groups is 1. The maximum Gasteiger partial charge on any atom is 0.239 e. The molecule has 0 atom stereocenters. The fourth-order valence-electron chi connectivity index (χ4n) is 1.51. The van der Waals surface area contributed by atoms with Crippen molar-refractivity contribution in [2.75, 3.05) is 11.2 Å². The molecule has 0 bridgehead atoms. The van der Waals surface area contributed by atoms with Crippen LogP contribution in [0.25, 0.3) is 11.1 Å². The molecule has 0 spiro atoms. The topological polar surface area (TPSA) is 46.9 Å². The summed E-state index contributed by atoms with van der Waals surface area (Å²) >= 11 is 5.41. The van der Waals surface area contributed by atoms with E-state index in [0.717, 1.165) is 16.8 Å². The maximum absolute atomic E-state index is 11.1. The number of hydrogen-bond acceptors (Lipinski definition) is 2. The number of rotatable bonds is 3. The minimum Gasteiger partial charge on any atom is -0.325 e. The highest BCUT2D eigenvalue weighted by Gasteiger charge is 2.02. The van der Waals surface area contributed by atoms with Gasteiger partial charge in [-0.25, -0.2) is 0 Å². The Balaban J connectivity index is 2.15. The van der Waals surface area contributed by atoms with E-state index in [0.29, 0.717) is 0 Å². The molecule has 17 heavy (non-hydrogen) atoms. The summed E-state index contributed by atoms with van der Waals surface area (Å²) in [4.78, 5) is 11.1. The van der Waals surface area contributed by atoms with Crippen molar-refractivity contribution in [3.8, 4) is 11.1 Å². The second-order valence-electron chi connectivity index (χ2n) is 3.66. The van der Waals surface area contributed by atoms with Gasteiger partial charge in [0.1, 0.15) is 5.88 Å². The Bertz CT molecular complexity index is 519. The van der Waals surface area contributed by atoms with Crippen molar-refractivity contribution in [1.82, 2.24) is 9.78 Å². The van der Waals surface area contributed by atoms with Gasteiger partial charge in [-0.1, -0.05) is 12.1 Å². The van der Waals surface area contributed by atoms with Gasteiger partial charge in [0.2, 0.25) is 5.91 Å². The molecule has 0 aliphatic rings. The molecule has 1 aromatic carbocycles. The maximum atomic E-state index is 11.1. The fourth-order valence-corrected chi connectivity index (χ4v) is 1.58. The number of benzene rings is 1. The number of amides is 1. The van der Waals surface area contributed by atoms with Crippen LogP contribution in [0, 0.1) is 0 Å². The van der Waals surface area contributed by atoms with E-state index in [4.69, 9.17) is 11.6 Å². The molecule has 2 rings (SSSR count). The molecule has 1 aromatic heterocycles. The van der Waals surface area contributed by atoms with E-state index >= 15 is 0 Å². The predicted octanol–water partition coefficient (Wildman–Crippen LogP) is 2.26. The van der Waals surface area contributed by atoms with Crippen LogP contribution in [0.4, 0.5) is 5.69 Å². The first kappa shape index (κ1) is 11.7. The first-order chi connectivity index (χ1) is 8.19. The second kappa shape index (κ2) is 5.01. The predicted molar refractivity (Wildman–Crippen MR) is 68.0 cm³/mol. The van der Waals surface area contributed by atoms with E-state index in [1.54, 1.807) is 10.9 Å². The summed E-state index contributed by atoms with van der Waals surface area (Å²) in [5, 5.41) is 6.79. The van der Waals surface area contributed by atoms with Crippen LogP contribution in [0.2, 0.25) is 0 Å². The van der Waals surface area contributed by atoms with Gasteiger partial charge in [0.25, 0.3) is 0 Å². The number of nitrogens with one attached hydrogen (secondary N) is 1. The van der Waals surface area contributed by atoms with Gasteiger partial charge in [0.05, 0.1) is 6.20 Å². The molecule has 5 heteroatoms. The summed E-state index contributed by atoms with van der Waals surface area (Å²) in [6, 6.07) is 7.54. The number of aromatic nitrogens is 2. The average Bonchev–Trinajstić information content (AvgIpc) is 2.77. The van der Waals surface area contributed by atoms with Crippen molar-refractivity contribution < 1.29 is 4.79 Å². The molecule has 0 saturated carbocycles. The number of carbonyl (C=O) groups excluding carboxylic acids is 1. The third-order valence-electron chi connectivity index (χ3n) is 2.33. The molecule has 0 saturated heterocycles. The first-order valence-corrected chi connectivity index (χ1v) is 5.67. The lowest BCUT2D eigenvalue weighted by molar-refractivity contribution is -0.113. The highest BCUT2D eigenvalue weighted by molar-refractivity contribution is 6.29. The molecule has 0 radical (unpaired) electrons. The fraction of sp³-hybridized carbons (Fsp3) is 0.167. The Morgan fingerprint density at radius 1 is 1.35 bits per heavy atom. The molecule has 0 fully saturated rings. The van der Waals surface area contributed by atoms with Gasteiger partial charge < -0.3 is 5.32 Å². The molecular formula is C12H12ClN3O. The Morgan fingerprint density at radius 3 is 2.59 bits per heavy atom. The van der Waals surface area contributed by atoms with Crippen molar-refractivity contribution in [3.63, 3.8) is 0 Å². The highest BCUT2D eigenvalue weighted by Crippen LogP contribution is 2.20. The van der Waals surface area contributed by atoms with Gasteiger partial charge in [-0.2, -0.15) is 5.10 Å². The van der Waals surface area contributed by atoms with Crippen molar-refractivity contribution in [2.24, 2.45) is 7.05 Å². The van der Waals surface area contributed by atoms with Gasteiger partial charge in [-0.15, -0.1) is 11.6 Å². The van der Waals surface area contributed by atoms with Crippen molar-refractivity contribution in [2.45, 2.75) is 0 Å². The number of hydrogen-bond donors (Lipinski definition) is 1. The van der Waals surface area contributed by atoms with Gasteiger partial charge >= 0.3 is 0 Å². The molecule has 4 nitrogen and oxygen atoms in total. The number of aryl methyl sites for hydroxylation is 1. The lowest BCUT2D eigenvalue weighted by Crippen LogP contribution is -2.12. The van der Waals surface area contributed by atoms with Gasteiger partial charge in [0.15, 0.2) is 0 Å². The zero-order chi connectivity index (χ0) is 12.3. The first-order valence-electron chi connectivity index (χ1n) is 5.14. The third kappa shape index (κ3) is 2.85. The Morgan fingerprint density at radius 2 is 2.06 bits per heavy atom. The van der Waals surface area contributed by atoms with Crippen molar-refractivity contribution >= 4 is 23.2 Å². The molecule has 0 unspecified atom stereocenters. The van der Waals surface area contributed by atoms with E-state index in [-0.39, 0.29) is 11.8 Å². The Hall–Kier alpha value is -1.81. The molecule has 2 aromatic rings. The molecular weight excluding hydrogens is 238 g/mol. The Labute approximate surface area is 104 Å². The number of halogens is 1. The zero-order valence-electron chi connectivity index (χ0n) is 9.35. The lowest BCUT2D eigenvalue weighted by Gasteiger charge is -2.03. The van der Waals surface area contributed by atoms with Crippen molar-refractivity contribution in [1.29, 1.82) is 0 Å². The molecule has 88 valence electrons. The van der Waals surface area contributed by atoms with Crippen LogP contribution in [0.3, 0.4) is 0 Å². The van der Waals surface area contributed by atoms with Gasteiger partial charge in [-0.05, 0) is 17.7 Å². The summed E-state index contributed by atoms with van der Waals surface area (Å²) < 4.78 is 1.75. The van der Waals surface area contributed by atoms with Gasteiger partial charge in [-0.3, -0.25) is 9.48 Å². The van der Waals surface area contributed by atoms with Gasteiger partial charge in [0, 0.05) is 24.5 Å². The third-order valence-corrected chi connectivity index (χ3v) is 2.57. The van der Waals surface area contributed by atoms with Crippen LogP contribution in [-0.4, -0.2) is 21.6 Å². The van der Waals surface area contributed by atoms with Crippen molar-refractivity contribution in [3.05, 3.63) is 36.7 Å². The van der Waals surface area contributed by atoms with Crippen LogP contribution in [0.1, 0.15) is 0 Å². The highest BCUT2D eigenvalue weighted by atomic mass is 35.5. The molecule has 0 aliphatic heterocycles. The number of nitrogens with zero attached hydrogens (tertiary/aromatic N) is 2. The molecule has 1 N–H and O–H groups in total. The zero-order valence-corrected chi connectivity index (χ0v) is 10.1. The van der Waals surface area contributed by atoms with Crippen LogP contribution >= 0.6 is 11.6 Å². The summed E-state index contributed by atoms with van der Waals surface area (Å²) in [5.74, 6) is -0.245. The van der Waals surface area contributed by atoms with E-state index < -0.39 is 0 Å². The summed E-state index contributed by atoms with van der Waals surface area (Å²) in [6.45, 7) is 0. The Kier molecular flexibility index (Phi) is 3.44. The summed E-state index contributed by atoms with van der Waals surface area (Å²) in [7, 11) is 1.87. The van der Waals surface area contributed by atoms with Crippen LogP contribution in [-0.2, 0) is 11.8 Å². The van der Waals surface area contributed by atoms with Crippen LogP contribution in [0.5, 0.6) is 0 Å². The van der Waals surface area contributed by atoms with E-state index in [1.807, 2.05) is 37.5 Å². The monoisotopic (exact) mass is 249 g/mol. The number of alkyl halides is 1. The number of anilines is 1. The van der Waals surface area contributed by atoms with Crippen LogP contribution in [0.15, 0.2) is 36.7 Å². The minimum absolute atomic E-state index is 0.0373. The normalized spacial score (nSPS) is 10.2. The lowest BCUT2D eigenvalue weighted by atomic mass is 10.1. The summed E-state index contributed by atoms with van der Waals surface area (Å²) in [5.41, 5.74) is 2.84. The summed E-state index contributed by atoms with van der Waals surface area (Å²) in [6.07, 6.45) is 3.73. The molecule has 1 heterocycles. The molecule has 1 amide bonds. The second-order valence-corrected chi connectivity index (χ2v) is 3.93. The van der Waals surface area contributed by atoms with E-state index in [9.17, 15) is 4.79 Å². The molecule has 0 aliphatic carbocycles. The quantitative estimate of drug-likeness (QED) is 0.849. The smallest absolute Gasteiger partial charge is 0.239 e. The SMILES string of the molecule is Cn1cc(-c2ccc(NC(=O)CCl)cc2)cn1. The van der Waals surface area contributed by atoms with E-state index in [1.165, 1.54) is 0 Å². The average molecular weight is 250 g/mol. The largest absolute Gasteiger partial charge is 0.325 e.